The van der Waals surface area contributed by atoms with Crippen LogP contribution in [0.25, 0.3) is 0 Å². The molecule has 0 unspecified atom stereocenters. The second-order valence-electron chi connectivity index (χ2n) is 5.75. The van der Waals surface area contributed by atoms with E-state index >= 15 is 0 Å². The fourth-order valence-electron chi connectivity index (χ4n) is 3.24. The Kier molecular flexibility index (Phi) is 3.31. The van der Waals surface area contributed by atoms with E-state index in [0.29, 0.717) is 18.8 Å². The highest BCUT2D eigenvalue weighted by Crippen LogP contribution is 2.34. The number of morpholine rings is 1. The number of hydrogen-bond donors (Lipinski definition) is 1. The van der Waals surface area contributed by atoms with Crippen LogP contribution in [0.2, 0.25) is 0 Å². The van der Waals surface area contributed by atoms with E-state index in [4.69, 9.17) is 4.74 Å². The molecule has 5 nitrogen and oxygen atoms in total. The smallest absolute Gasteiger partial charge is 0.272 e. The highest BCUT2D eigenvalue weighted by atomic mass is 16.5. The first kappa shape index (κ1) is 12.7. The molecule has 0 aromatic carbocycles. The van der Waals surface area contributed by atoms with Crippen molar-refractivity contribution < 1.29 is 9.53 Å². The van der Waals surface area contributed by atoms with E-state index in [1.54, 1.807) is 6.20 Å². The minimum Gasteiger partial charge on any atom is -0.371 e. The number of nitrogens with one attached hydrogen (secondary N) is 1. The van der Waals surface area contributed by atoms with E-state index in [1.165, 1.54) is 19.3 Å². The highest BCUT2D eigenvalue weighted by Gasteiger charge is 2.39. The van der Waals surface area contributed by atoms with E-state index in [1.807, 2.05) is 11.8 Å². The number of aryl methyl sites for hydroxylation is 1. The second-order valence-corrected chi connectivity index (χ2v) is 5.75. The van der Waals surface area contributed by atoms with Gasteiger partial charge in [0.2, 0.25) is 0 Å². The maximum Gasteiger partial charge on any atom is 0.272 e. The summed E-state index contributed by atoms with van der Waals surface area (Å²) in [7, 11) is 0. The van der Waals surface area contributed by atoms with Crippen LogP contribution in [0.3, 0.4) is 0 Å². The quantitative estimate of drug-likeness (QED) is 0.841. The molecule has 1 saturated heterocycles. The molecule has 1 aliphatic heterocycles. The topological polar surface area (TPSA) is 58.2 Å². The lowest BCUT2D eigenvalue weighted by atomic mass is 9.83. The van der Waals surface area contributed by atoms with Crippen molar-refractivity contribution >= 4 is 5.91 Å². The van der Waals surface area contributed by atoms with Gasteiger partial charge in [-0.05, 0) is 25.3 Å². The zero-order valence-electron chi connectivity index (χ0n) is 11.4. The van der Waals surface area contributed by atoms with Gasteiger partial charge < -0.3 is 9.64 Å². The molecule has 1 aliphatic carbocycles. The van der Waals surface area contributed by atoms with Crippen LogP contribution >= 0.6 is 0 Å². The van der Waals surface area contributed by atoms with Gasteiger partial charge in [-0.1, -0.05) is 19.3 Å². The van der Waals surface area contributed by atoms with Gasteiger partial charge in [0.1, 0.15) is 5.69 Å². The van der Waals surface area contributed by atoms with Gasteiger partial charge in [-0.2, -0.15) is 5.10 Å². The fourth-order valence-corrected chi connectivity index (χ4v) is 3.24. The molecule has 1 aromatic heterocycles. The van der Waals surface area contributed by atoms with Crippen molar-refractivity contribution in [3.05, 3.63) is 17.5 Å². The second kappa shape index (κ2) is 4.96. The number of aromatic amines is 1. The lowest BCUT2D eigenvalue weighted by Crippen LogP contribution is -2.54. The van der Waals surface area contributed by atoms with Crippen LogP contribution in [0, 0.1) is 6.92 Å². The number of rotatable bonds is 1. The highest BCUT2D eigenvalue weighted by molar-refractivity contribution is 5.93. The Bertz CT molecular complexity index is 458. The molecule has 0 atom stereocenters. The van der Waals surface area contributed by atoms with Crippen LogP contribution in [0.1, 0.15) is 48.2 Å². The number of H-pyrrole nitrogens is 1. The summed E-state index contributed by atoms with van der Waals surface area (Å²) < 4.78 is 6.01. The molecular formula is C14H21N3O2. The fraction of sp³-hybridized carbons (Fsp3) is 0.714. The Morgan fingerprint density at radius 3 is 2.89 bits per heavy atom. The molecule has 1 spiro atoms. The number of hydrogen-bond acceptors (Lipinski definition) is 3. The van der Waals surface area contributed by atoms with Gasteiger partial charge >= 0.3 is 0 Å². The molecular weight excluding hydrogens is 242 g/mol. The van der Waals surface area contributed by atoms with Gasteiger partial charge in [-0.15, -0.1) is 0 Å². The van der Waals surface area contributed by atoms with Crippen molar-refractivity contribution in [1.29, 1.82) is 0 Å². The Morgan fingerprint density at radius 2 is 2.21 bits per heavy atom. The number of nitrogens with zero attached hydrogens (tertiary/aromatic N) is 2. The van der Waals surface area contributed by atoms with Crippen molar-refractivity contribution in [3.63, 3.8) is 0 Å². The third-order valence-corrected chi connectivity index (χ3v) is 4.34. The summed E-state index contributed by atoms with van der Waals surface area (Å²) >= 11 is 0. The van der Waals surface area contributed by atoms with Crippen LogP contribution in [0.5, 0.6) is 0 Å². The van der Waals surface area contributed by atoms with E-state index in [0.717, 1.165) is 24.9 Å². The minimum absolute atomic E-state index is 0.0586. The first-order valence-electron chi connectivity index (χ1n) is 7.13. The monoisotopic (exact) mass is 263 g/mol. The van der Waals surface area contributed by atoms with E-state index < -0.39 is 0 Å². The number of ether oxygens (including phenoxy) is 1. The first-order chi connectivity index (χ1) is 9.20. The first-order valence-corrected chi connectivity index (χ1v) is 7.13. The van der Waals surface area contributed by atoms with Gasteiger partial charge in [0, 0.05) is 6.54 Å². The van der Waals surface area contributed by atoms with Crippen molar-refractivity contribution in [1.82, 2.24) is 15.1 Å². The van der Waals surface area contributed by atoms with Gasteiger partial charge in [-0.25, -0.2) is 0 Å². The lowest BCUT2D eigenvalue weighted by Gasteiger charge is -2.44. The Balaban J connectivity index is 1.74. The van der Waals surface area contributed by atoms with Crippen molar-refractivity contribution in [2.45, 2.75) is 44.6 Å². The van der Waals surface area contributed by atoms with E-state index in [2.05, 4.69) is 10.2 Å². The predicted octanol–water partition coefficient (Wildman–Crippen LogP) is 1.89. The standard InChI is InChI=1S/C14H21N3O2/c1-11-9-15-16-12(11)13(18)17-7-8-19-14(10-17)5-3-2-4-6-14/h9H,2-8,10H2,1H3,(H,15,16). The summed E-state index contributed by atoms with van der Waals surface area (Å²) in [5.74, 6) is 0.0586. The van der Waals surface area contributed by atoms with Crippen molar-refractivity contribution in [3.8, 4) is 0 Å². The molecule has 1 aromatic rings. The van der Waals surface area contributed by atoms with E-state index in [-0.39, 0.29) is 11.5 Å². The predicted molar refractivity (Wildman–Crippen MR) is 71.0 cm³/mol. The summed E-state index contributed by atoms with van der Waals surface area (Å²) in [6.45, 7) is 3.97. The van der Waals surface area contributed by atoms with Crippen LogP contribution in [0.15, 0.2) is 6.20 Å². The molecule has 2 fully saturated rings. The largest absolute Gasteiger partial charge is 0.371 e. The third-order valence-electron chi connectivity index (χ3n) is 4.34. The molecule has 0 radical (unpaired) electrons. The lowest BCUT2D eigenvalue weighted by molar-refractivity contribution is -0.118. The SMILES string of the molecule is Cc1cn[nH]c1C(=O)N1CCOC2(CCCCC2)C1. The molecule has 2 aliphatic rings. The molecule has 19 heavy (non-hydrogen) atoms. The van der Waals surface area contributed by atoms with Crippen molar-refractivity contribution in [2.75, 3.05) is 19.7 Å². The number of carbonyl (C=O) groups is 1. The summed E-state index contributed by atoms with van der Waals surface area (Å²) in [5, 5.41) is 6.75. The Hall–Kier alpha value is -1.36. The molecule has 5 heteroatoms. The maximum absolute atomic E-state index is 12.5. The van der Waals surface area contributed by atoms with Crippen LogP contribution in [-0.4, -0.2) is 46.3 Å². The zero-order chi connectivity index (χ0) is 13.3. The molecule has 0 bridgehead atoms. The zero-order valence-corrected chi connectivity index (χ0v) is 11.4. The van der Waals surface area contributed by atoms with Gasteiger partial charge in [0.25, 0.3) is 5.91 Å². The normalized spacial score (nSPS) is 22.7. The van der Waals surface area contributed by atoms with Gasteiger partial charge in [-0.3, -0.25) is 9.89 Å². The molecule has 104 valence electrons. The minimum atomic E-state index is -0.0832. The average molecular weight is 263 g/mol. The molecule has 1 saturated carbocycles. The molecule has 1 amide bonds. The van der Waals surface area contributed by atoms with E-state index in [9.17, 15) is 4.79 Å². The number of aromatic nitrogens is 2. The Labute approximate surface area is 113 Å². The third kappa shape index (κ3) is 2.39. The van der Waals surface area contributed by atoms with Gasteiger partial charge in [0.05, 0.1) is 24.9 Å². The average Bonchev–Trinajstić information content (AvgIpc) is 2.85. The summed E-state index contributed by atoms with van der Waals surface area (Å²) in [5.41, 5.74) is 1.45. The van der Waals surface area contributed by atoms with Gasteiger partial charge in [0.15, 0.2) is 0 Å². The number of carbonyl (C=O) groups excluding carboxylic acids is 1. The molecule has 1 N–H and O–H groups in total. The van der Waals surface area contributed by atoms with Crippen LogP contribution in [-0.2, 0) is 4.74 Å². The van der Waals surface area contributed by atoms with Crippen molar-refractivity contribution in [2.24, 2.45) is 0 Å². The summed E-state index contributed by atoms with van der Waals surface area (Å²) in [6.07, 6.45) is 7.58. The maximum atomic E-state index is 12.5. The number of amides is 1. The van der Waals surface area contributed by atoms with Crippen LogP contribution < -0.4 is 0 Å². The molecule has 2 heterocycles. The molecule has 3 rings (SSSR count). The Morgan fingerprint density at radius 1 is 1.42 bits per heavy atom. The summed E-state index contributed by atoms with van der Waals surface area (Å²) in [4.78, 5) is 14.4. The summed E-state index contributed by atoms with van der Waals surface area (Å²) in [6, 6.07) is 0. The van der Waals surface area contributed by atoms with Crippen LogP contribution in [0.4, 0.5) is 0 Å².